The van der Waals surface area contributed by atoms with E-state index in [2.05, 4.69) is 0 Å². The Morgan fingerprint density at radius 3 is 2.71 bits per heavy atom. The molecule has 0 aliphatic carbocycles. The van der Waals surface area contributed by atoms with E-state index in [1.807, 2.05) is 0 Å². The Morgan fingerprint density at radius 1 is 1.64 bits per heavy atom. The number of furan rings is 1. The van der Waals surface area contributed by atoms with Gasteiger partial charge >= 0.3 is 11.9 Å². The van der Waals surface area contributed by atoms with Crippen molar-refractivity contribution in [2.75, 3.05) is 0 Å². The average molecular weight is 197 g/mol. The van der Waals surface area contributed by atoms with Crippen molar-refractivity contribution in [2.45, 2.75) is 6.92 Å². The van der Waals surface area contributed by atoms with Crippen LogP contribution >= 0.6 is 0 Å². The molecule has 14 heavy (non-hydrogen) atoms. The molecule has 0 aliphatic heterocycles. The fourth-order valence-electron chi connectivity index (χ4n) is 0.793. The molecule has 0 saturated heterocycles. The Bertz CT molecular complexity index is 404. The number of nitrogens with zero attached hydrogens (tertiary/aromatic N) is 1. The summed E-state index contributed by atoms with van der Waals surface area (Å²) >= 11 is 0. The largest absolute Gasteiger partial charge is 0.478 e. The van der Waals surface area contributed by atoms with E-state index >= 15 is 0 Å². The summed E-state index contributed by atoms with van der Waals surface area (Å²) in [7, 11) is 0. The number of hydrogen-bond donors (Lipinski definition) is 1. The number of carbonyl (C=O) groups is 1. The SMILES string of the molecule is C/C(=C/c1ccc([N+](=O)[O-])o1)C(=O)O. The first-order valence-electron chi connectivity index (χ1n) is 3.66. The molecule has 0 unspecified atom stereocenters. The summed E-state index contributed by atoms with van der Waals surface area (Å²) in [5.41, 5.74) is 0.0502. The quantitative estimate of drug-likeness (QED) is 0.452. The zero-order valence-electron chi connectivity index (χ0n) is 7.26. The summed E-state index contributed by atoms with van der Waals surface area (Å²) in [6.07, 6.45) is 1.22. The number of hydrogen-bond acceptors (Lipinski definition) is 4. The molecule has 1 aromatic rings. The molecular formula is C8H7NO5. The summed E-state index contributed by atoms with van der Waals surface area (Å²) in [4.78, 5) is 19.9. The van der Waals surface area contributed by atoms with E-state index in [0.717, 1.165) is 0 Å². The third-order valence-corrected chi connectivity index (χ3v) is 1.49. The fourth-order valence-corrected chi connectivity index (χ4v) is 0.793. The second-order valence-electron chi connectivity index (χ2n) is 2.57. The summed E-state index contributed by atoms with van der Waals surface area (Å²) in [5.74, 6) is -1.35. The van der Waals surface area contributed by atoms with Crippen LogP contribution in [0.1, 0.15) is 12.7 Å². The Labute approximate surface area is 78.6 Å². The first-order valence-corrected chi connectivity index (χ1v) is 3.66. The van der Waals surface area contributed by atoms with E-state index in [1.54, 1.807) is 0 Å². The van der Waals surface area contributed by atoms with Gasteiger partial charge in [0.1, 0.15) is 10.7 Å². The topological polar surface area (TPSA) is 93.6 Å². The van der Waals surface area contributed by atoms with Crippen LogP contribution in [-0.2, 0) is 4.79 Å². The Hall–Kier alpha value is -2.11. The van der Waals surface area contributed by atoms with E-state index in [0.29, 0.717) is 0 Å². The van der Waals surface area contributed by atoms with Crippen LogP contribution in [0.25, 0.3) is 6.08 Å². The molecule has 6 heteroatoms. The molecule has 1 aromatic heterocycles. The molecule has 0 aromatic carbocycles. The van der Waals surface area contributed by atoms with E-state index < -0.39 is 16.8 Å². The van der Waals surface area contributed by atoms with Crippen LogP contribution < -0.4 is 0 Å². The molecule has 74 valence electrons. The highest BCUT2D eigenvalue weighted by Gasteiger charge is 2.11. The monoisotopic (exact) mass is 197 g/mol. The van der Waals surface area contributed by atoms with Crippen LogP contribution in [0.2, 0.25) is 0 Å². The van der Waals surface area contributed by atoms with Gasteiger partial charge in [0, 0.05) is 5.57 Å². The van der Waals surface area contributed by atoms with Crippen LogP contribution in [0.5, 0.6) is 0 Å². The van der Waals surface area contributed by atoms with Gasteiger partial charge in [-0.2, -0.15) is 0 Å². The molecule has 0 spiro atoms. The minimum atomic E-state index is -1.09. The second-order valence-corrected chi connectivity index (χ2v) is 2.57. The molecule has 0 atom stereocenters. The second kappa shape index (κ2) is 3.73. The Balaban J connectivity index is 2.93. The minimum absolute atomic E-state index is 0.0502. The van der Waals surface area contributed by atoms with Crippen molar-refractivity contribution in [2.24, 2.45) is 0 Å². The van der Waals surface area contributed by atoms with Crippen molar-refractivity contribution in [1.29, 1.82) is 0 Å². The number of carboxylic acid groups (broad SMARTS) is 1. The summed E-state index contributed by atoms with van der Waals surface area (Å²) in [6, 6.07) is 2.51. The van der Waals surface area contributed by atoms with Crippen LogP contribution in [0.3, 0.4) is 0 Å². The highest BCUT2D eigenvalue weighted by molar-refractivity contribution is 5.90. The van der Waals surface area contributed by atoms with Gasteiger partial charge in [0.2, 0.25) is 0 Å². The molecule has 0 bridgehead atoms. The molecule has 0 fully saturated rings. The third-order valence-electron chi connectivity index (χ3n) is 1.49. The molecule has 0 saturated carbocycles. The minimum Gasteiger partial charge on any atom is -0.478 e. The fraction of sp³-hybridized carbons (Fsp3) is 0.125. The lowest BCUT2D eigenvalue weighted by Gasteiger charge is -1.89. The van der Waals surface area contributed by atoms with E-state index in [9.17, 15) is 14.9 Å². The third kappa shape index (κ3) is 2.19. The van der Waals surface area contributed by atoms with Gasteiger partial charge in [-0.25, -0.2) is 4.79 Å². The summed E-state index contributed by atoms with van der Waals surface area (Å²) in [5, 5.41) is 18.7. The molecule has 0 amide bonds. The first-order chi connectivity index (χ1) is 6.50. The van der Waals surface area contributed by atoms with Crippen molar-refractivity contribution in [3.8, 4) is 0 Å². The Kier molecular flexibility index (Phi) is 2.66. The maximum absolute atomic E-state index is 10.4. The van der Waals surface area contributed by atoms with Crippen molar-refractivity contribution < 1.29 is 19.2 Å². The Morgan fingerprint density at radius 2 is 2.29 bits per heavy atom. The summed E-state index contributed by atoms with van der Waals surface area (Å²) in [6.45, 7) is 1.37. The van der Waals surface area contributed by atoms with Crippen molar-refractivity contribution >= 4 is 17.9 Å². The molecular weight excluding hydrogens is 190 g/mol. The predicted molar refractivity (Wildman–Crippen MR) is 46.6 cm³/mol. The van der Waals surface area contributed by atoms with Gasteiger partial charge in [-0.3, -0.25) is 10.1 Å². The van der Waals surface area contributed by atoms with Gasteiger partial charge < -0.3 is 9.52 Å². The maximum atomic E-state index is 10.4. The lowest BCUT2D eigenvalue weighted by Crippen LogP contribution is -1.94. The van der Waals surface area contributed by atoms with Gasteiger partial charge in [-0.15, -0.1) is 0 Å². The predicted octanol–water partition coefficient (Wildman–Crippen LogP) is 1.68. The standard InChI is InChI=1S/C8H7NO5/c1-5(8(10)11)4-6-2-3-7(14-6)9(12)13/h2-4H,1H3,(H,10,11)/b5-4-. The lowest BCUT2D eigenvalue weighted by molar-refractivity contribution is -0.402. The van der Waals surface area contributed by atoms with Gasteiger partial charge in [0.15, 0.2) is 0 Å². The smallest absolute Gasteiger partial charge is 0.433 e. The van der Waals surface area contributed by atoms with E-state index in [-0.39, 0.29) is 11.3 Å². The molecule has 1 rings (SSSR count). The van der Waals surface area contributed by atoms with E-state index in [1.165, 1.54) is 25.1 Å². The molecule has 6 nitrogen and oxygen atoms in total. The van der Waals surface area contributed by atoms with Gasteiger partial charge in [-0.1, -0.05) is 0 Å². The van der Waals surface area contributed by atoms with Crippen LogP contribution in [0, 0.1) is 10.1 Å². The van der Waals surface area contributed by atoms with Crippen LogP contribution in [0.4, 0.5) is 5.88 Å². The maximum Gasteiger partial charge on any atom is 0.433 e. The lowest BCUT2D eigenvalue weighted by atomic mass is 10.2. The van der Waals surface area contributed by atoms with Crippen molar-refractivity contribution in [3.05, 3.63) is 33.6 Å². The van der Waals surface area contributed by atoms with Crippen LogP contribution in [0.15, 0.2) is 22.1 Å². The van der Waals surface area contributed by atoms with Crippen molar-refractivity contribution in [1.82, 2.24) is 0 Å². The zero-order valence-corrected chi connectivity index (χ0v) is 7.26. The van der Waals surface area contributed by atoms with Crippen LogP contribution in [-0.4, -0.2) is 16.0 Å². The normalized spacial score (nSPS) is 11.4. The molecule has 1 heterocycles. The van der Waals surface area contributed by atoms with E-state index in [4.69, 9.17) is 9.52 Å². The number of nitro groups is 1. The average Bonchev–Trinajstić information content (AvgIpc) is 2.52. The highest BCUT2D eigenvalue weighted by Crippen LogP contribution is 2.17. The highest BCUT2D eigenvalue weighted by atomic mass is 16.6. The number of aliphatic carboxylic acids is 1. The van der Waals surface area contributed by atoms with Gasteiger partial charge in [0.25, 0.3) is 0 Å². The summed E-state index contributed by atoms with van der Waals surface area (Å²) < 4.78 is 4.73. The number of carboxylic acids is 1. The zero-order chi connectivity index (χ0) is 10.7. The number of rotatable bonds is 3. The van der Waals surface area contributed by atoms with Gasteiger partial charge in [0.05, 0.1) is 6.07 Å². The van der Waals surface area contributed by atoms with Gasteiger partial charge in [-0.05, 0) is 19.1 Å². The first kappa shape index (κ1) is 9.97. The molecule has 1 N–H and O–H groups in total. The molecule has 0 radical (unpaired) electrons. The molecule has 0 aliphatic rings. The van der Waals surface area contributed by atoms with Crippen molar-refractivity contribution in [3.63, 3.8) is 0 Å².